The van der Waals surface area contributed by atoms with Gasteiger partial charge in [-0.15, -0.1) is 0 Å². The molecule has 33 heavy (non-hydrogen) atoms. The van der Waals surface area contributed by atoms with Crippen LogP contribution in [0.2, 0.25) is 0 Å². The molecule has 0 radical (unpaired) electrons. The second-order valence-corrected chi connectivity index (χ2v) is 10.0. The van der Waals surface area contributed by atoms with Gasteiger partial charge in [0.05, 0.1) is 21.8 Å². The Morgan fingerprint density at radius 1 is 1.18 bits per heavy atom. The molecule has 18 heteroatoms. The quantitative estimate of drug-likeness (QED) is 0.146. The van der Waals surface area contributed by atoms with Crippen LogP contribution in [0.3, 0.4) is 0 Å². The summed E-state index contributed by atoms with van der Waals surface area (Å²) in [6.45, 7) is 1.56. The Kier molecular flexibility index (Phi) is 12.2. The van der Waals surface area contributed by atoms with Crippen molar-refractivity contribution in [2.24, 2.45) is 5.14 Å². The molecule has 1 aromatic rings. The molecule has 5 N–H and O–H groups in total. The van der Waals surface area contributed by atoms with Gasteiger partial charge in [0.15, 0.2) is 0 Å². The van der Waals surface area contributed by atoms with Crippen molar-refractivity contribution in [1.82, 2.24) is 5.32 Å². The molecular weight excluding hydrogens is 519 g/mol. The molecule has 0 aromatic heterocycles. The highest BCUT2D eigenvalue weighted by molar-refractivity contribution is 8.76. The van der Waals surface area contributed by atoms with E-state index in [9.17, 15) is 41.3 Å². The molecule has 12 nitrogen and oxygen atoms in total. The molecule has 1 amide bonds. The maximum atomic E-state index is 12.2. The van der Waals surface area contributed by atoms with E-state index < -0.39 is 49.6 Å². The minimum absolute atomic E-state index is 0.0309. The summed E-state index contributed by atoms with van der Waals surface area (Å²) in [7, 11) is -1.50. The van der Waals surface area contributed by atoms with E-state index in [1.165, 1.54) is 28.5 Å². The number of nitrogens with two attached hydrogens (primary N) is 1. The normalized spacial score (nSPS) is 11.2. The Labute approximate surface area is 192 Å². The van der Waals surface area contributed by atoms with E-state index in [2.05, 4.69) is 5.32 Å². The molecule has 186 valence electrons. The van der Waals surface area contributed by atoms with Gasteiger partial charge in [0.25, 0.3) is 11.6 Å². The number of sulfonamides is 1. The van der Waals surface area contributed by atoms with Crippen LogP contribution in [0.5, 0.6) is 0 Å². The first-order valence-corrected chi connectivity index (χ1v) is 12.4. The molecule has 1 aromatic carbocycles. The third-order valence-electron chi connectivity index (χ3n) is 3.32. The molecule has 0 aliphatic carbocycles. The zero-order valence-corrected chi connectivity index (χ0v) is 19.1. The average molecular weight is 538 g/mol. The summed E-state index contributed by atoms with van der Waals surface area (Å²) in [6, 6.07) is 1.82. The van der Waals surface area contributed by atoms with Crippen LogP contribution in [0.25, 0.3) is 0 Å². The molecule has 0 atom stereocenters. The third kappa shape index (κ3) is 11.7. The number of halogens is 3. The first-order valence-electron chi connectivity index (χ1n) is 8.34. The van der Waals surface area contributed by atoms with E-state index in [-0.39, 0.29) is 24.1 Å². The van der Waals surface area contributed by atoms with E-state index in [4.69, 9.17) is 20.1 Å². The summed E-state index contributed by atoms with van der Waals surface area (Å²) in [5.41, 5.74) is -0.629. The fraction of sp³-hybridized carbons (Fsp3) is 0.400. The van der Waals surface area contributed by atoms with Crippen molar-refractivity contribution in [2.75, 3.05) is 18.1 Å². The van der Waals surface area contributed by atoms with Crippen LogP contribution < -0.4 is 10.5 Å². The Bertz CT molecular complexity index is 1000. The summed E-state index contributed by atoms with van der Waals surface area (Å²) in [5.74, 6) is -3.40. The summed E-state index contributed by atoms with van der Waals surface area (Å²) in [6.07, 6.45) is -5.05. The van der Waals surface area contributed by atoms with Gasteiger partial charge in [0, 0.05) is 29.7 Å². The fourth-order valence-corrected chi connectivity index (χ4v) is 4.26. The van der Waals surface area contributed by atoms with Gasteiger partial charge < -0.3 is 15.5 Å². The van der Waals surface area contributed by atoms with Crippen LogP contribution >= 0.6 is 21.6 Å². The van der Waals surface area contributed by atoms with Crippen molar-refractivity contribution < 1.29 is 51.1 Å². The Balaban J connectivity index is 0.00000126. The van der Waals surface area contributed by atoms with Crippen LogP contribution in [-0.4, -0.2) is 65.6 Å². The number of primary sulfonamides is 1. The number of aliphatic carboxylic acids is 2. The van der Waals surface area contributed by atoms with Crippen LogP contribution in [0.1, 0.15) is 22.3 Å². The first-order chi connectivity index (χ1) is 15.0. The summed E-state index contributed by atoms with van der Waals surface area (Å²) in [5, 5.41) is 34.2. The Morgan fingerprint density at radius 2 is 1.70 bits per heavy atom. The molecule has 0 aliphatic rings. The van der Waals surface area contributed by atoms with Gasteiger partial charge >= 0.3 is 18.1 Å². The number of rotatable bonds is 10. The number of carboxylic acids is 2. The van der Waals surface area contributed by atoms with E-state index in [1.54, 1.807) is 0 Å². The lowest BCUT2D eigenvalue weighted by Gasteiger charge is -2.10. The van der Waals surface area contributed by atoms with Crippen LogP contribution in [0.15, 0.2) is 17.0 Å². The number of benzene rings is 1. The minimum atomic E-state index is -5.08. The van der Waals surface area contributed by atoms with Gasteiger partial charge in [-0.2, -0.15) is 13.2 Å². The number of nitro groups is 1. The second kappa shape index (κ2) is 13.2. The predicted molar refractivity (Wildman–Crippen MR) is 112 cm³/mol. The Hall–Kier alpha value is -2.57. The average Bonchev–Trinajstić information content (AvgIpc) is 2.65. The molecule has 0 saturated carbocycles. The Morgan fingerprint density at radius 3 is 2.12 bits per heavy atom. The lowest BCUT2D eigenvalue weighted by Crippen LogP contribution is -2.27. The zero-order chi connectivity index (χ0) is 26.0. The molecule has 0 saturated heterocycles. The van der Waals surface area contributed by atoms with Crippen molar-refractivity contribution in [3.05, 3.63) is 33.4 Å². The predicted octanol–water partition coefficient (Wildman–Crippen LogP) is 1.77. The summed E-state index contributed by atoms with van der Waals surface area (Å²) in [4.78, 5) is 41.3. The van der Waals surface area contributed by atoms with Gasteiger partial charge in [0.1, 0.15) is 0 Å². The number of alkyl halides is 3. The lowest BCUT2D eigenvalue weighted by atomic mass is 10.1. The topological polar surface area (TPSA) is 207 Å². The largest absolute Gasteiger partial charge is 0.490 e. The molecule has 0 fully saturated rings. The SMILES string of the molecule is Cc1c(C(=O)NCCSSCCC(=O)O)cc(S(N)(=O)=O)cc1[N+](=O)[O-].O=C(O)C(F)(F)F. The molecule has 0 unspecified atom stereocenters. The molecule has 0 spiro atoms. The van der Waals surface area contributed by atoms with Crippen molar-refractivity contribution in [3.63, 3.8) is 0 Å². The summed E-state index contributed by atoms with van der Waals surface area (Å²) < 4.78 is 54.7. The molecule has 0 heterocycles. The van der Waals surface area contributed by atoms with Crippen molar-refractivity contribution in [1.29, 1.82) is 0 Å². The molecular formula is C15H18F3N3O9S3. The standard InChI is InChI=1S/C13H17N3O7S3.C2HF3O2/c1-8-10(6-9(26(14,22)23)7-11(8)16(20)21)13(19)15-3-5-25-24-4-2-12(17)18;3-2(4,5)1(6)7/h6-7H,2-5H2,1H3,(H,15,19)(H,17,18)(H2,14,22,23);(H,6,7). The zero-order valence-electron chi connectivity index (χ0n) is 16.6. The molecule has 0 aliphatic heterocycles. The highest BCUT2D eigenvalue weighted by Gasteiger charge is 2.38. The number of amides is 1. The molecule has 1 rings (SSSR count). The van der Waals surface area contributed by atoms with Gasteiger partial charge in [-0.05, 0) is 13.0 Å². The highest BCUT2D eigenvalue weighted by atomic mass is 33.1. The maximum absolute atomic E-state index is 12.2. The van der Waals surface area contributed by atoms with Crippen LogP contribution in [0.4, 0.5) is 18.9 Å². The number of carbonyl (C=O) groups excluding carboxylic acids is 1. The van der Waals surface area contributed by atoms with Crippen LogP contribution in [-0.2, 0) is 19.6 Å². The smallest absolute Gasteiger partial charge is 0.481 e. The highest BCUT2D eigenvalue weighted by Crippen LogP contribution is 2.26. The molecule has 0 bridgehead atoms. The number of nitrogens with one attached hydrogen (secondary N) is 1. The van der Waals surface area contributed by atoms with E-state index in [1.807, 2.05) is 0 Å². The van der Waals surface area contributed by atoms with E-state index in [0.717, 1.165) is 12.1 Å². The van der Waals surface area contributed by atoms with E-state index in [0.29, 0.717) is 11.5 Å². The maximum Gasteiger partial charge on any atom is 0.490 e. The number of carboxylic acid groups (broad SMARTS) is 2. The number of carbonyl (C=O) groups is 3. The number of nitrogens with zero attached hydrogens (tertiary/aromatic N) is 1. The monoisotopic (exact) mass is 537 g/mol. The second-order valence-electron chi connectivity index (χ2n) is 5.76. The van der Waals surface area contributed by atoms with Crippen molar-refractivity contribution >= 4 is 55.1 Å². The van der Waals surface area contributed by atoms with Crippen molar-refractivity contribution in [3.8, 4) is 0 Å². The van der Waals surface area contributed by atoms with Gasteiger partial charge in [-0.25, -0.2) is 18.4 Å². The van der Waals surface area contributed by atoms with Gasteiger partial charge in [-0.1, -0.05) is 21.6 Å². The van der Waals surface area contributed by atoms with Gasteiger partial charge in [-0.3, -0.25) is 19.7 Å². The minimum Gasteiger partial charge on any atom is -0.481 e. The first kappa shape index (κ1) is 30.4. The van der Waals surface area contributed by atoms with Crippen LogP contribution in [0, 0.1) is 17.0 Å². The van der Waals surface area contributed by atoms with Gasteiger partial charge in [0.2, 0.25) is 10.0 Å². The fourth-order valence-electron chi connectivity index (χ4n) is 1.81. The summed E-state index contributed by atoms with van der Waals surface area (Å²) >= 11 is 0. The lowest BCUT2D eigenvalue weighted by molar-refractivity contribution is -0.385. The third-order valence-corrected chi connectivity index (χ3v) is 6.62. The number of hydrogen-bond acceptors (Lipinski definition) is 9. The van der Waals surface area contributed by atoms with Crippen molar-refractivity contribution in [2.45, 2.75) is 24.4 Å². The number of nitro benzene ring substituents is 1. The van der Waals surface area contributed by atoms with E-state index >= 15 is 0 Å². The number of hydrogen-bond donors (Lipinski definition) is 4.